The Hall–Kier alpha value is -1.31. The van der Waals surface area contributed by atoms with Gasteiger partial charge in [-0.3, -0.25) is 9.59 Å². The van der Waals surface area contributed by atoms with Gasteiger partial charge in [-0.25, -0.2) is 0 Å². The molecule has 2 amide bonds. The number of hydrogen-bond acceptors (Lipinski definition) is 3. The van der Waals surface area contributed by atoms with Gasteiger partial charge < -0.3 is 15.3 Å². The molecule has 8 heteroatoms. The Kier molecular flexibility index (Phi) is 3.95. The van der Waals surface area contributed by atoms with E-state index < -0.39 is 36.0 Å². The number of alkyl halides is 3. The highest BCUT2D eigenvalue weighted by molar-refractivity contribution is 5.89. The highest BCUT2D eigenvalue weighted by Crippen LogP contribution is 2.32. The number of hydrogen-bond donors (Lipinski definition) is 2. The maximum atomic E-state index is 12.3. The first-order valence-corrected chi connectivity index (χ1v) is 6.52. The van der Waals surface area contributed by atoms with Gasteiger partial charge in [-0.2, -0.15) is 13.2 Å². The molecule has 1 atom stereocenters. The lowest BCUT2D eigenvalue weighted by Gasteiger charge is -2.41. The van der Waals surface area contributed by atoms with E-state index in [4.69, 9.17) is 0 Å². The molecule has 0 radical (unpaired) electrons. The maximum absolute atomic E-state index is 12.3. The topological polar surface area (TPSA) is 69.6 Å². The zero-order valence-electron chi connectivity index (χ0n) is 10.9. The second-order valence-electron chi connectivity index (χ2n) is 5.57. The molecule has 0 spiro atoms. The highest BCUT2D eigenvalue weighted by Gasteiger charge is 2.44. The SMILES string of the molecule is O=C(NC1(CO)CCC1)C1CC(=O)N(CC(F)(F)F)C1. The summed E-state index contributed by atoms with van der Waals surface area (Å²) in [7, 11) is 0. The summed E-state index contributed by atoms with van der Waals surface area (Å²) in [6.45, 7) is -1.72. The number of halogens is 3. The van der Waals surface area contributed by atoms with E-state index >= 15 is 0 Å². The fraction of sp³-hybridized carbons (Fsp3) is 0.833. The minimum absolute atomic E-state index is 0.189. The molecular formula is C12H17F3N2O3. The van der Waals surface area contributed by atoms with Crippen LogP contribution >= 0.6 is 0 Å². The Morgan fingerprint density at radius 2 is 2.10 bits per heavy atom. The van der Waals surface area contributed by atoms with Crippen LogP contribution in [0.5, 0.6) is 0 Å². The third-order valence-corrected chi connectivity index (χ3v) is 3.96. The summed E-state index contributed by atoms with van der Waals surface area (Å²) >= 11 is 0. The van der Waals surface area contributed by atoms with Gasteiger partial charge in [0.15, 0.2) is 0 Å². The molecule has 1 aliphatic carbocycles. The molecule has 0 aromatic heterocycles. The monoisotopic (exact) mass is 294 g/mol. The molecule has 5 nitrogen and oxygen atoms in total. The van der Waals surface area contributed by atoms with Crippen molar-refractivity contribution < 1.29 is 27.9 Å². The average Bonchev–Trinajstić information content (AvgIpc) is 2.63. The van der Waals surface area contributed by atoms with Gasteiger partial charge in [0.05, 0.1) is 18.1 Å². The molecule has 0 bridgehead atoms. The van der Waals surface area contributed by atoms with Crippen LogP contribution in [0.2, 0.25) is 0 Å². The molecule has 0 aromatic carbocycles. The van der Waals surface area contributed by atoms with Crippen molar-refractivity contribution in [1.29, 1.82) is 0 Å². The highest BCUT2D eigenvalue weighted by atomic mass is 19.4. The van der Waals surface area contributed by atoms with Crippen molar-refractivity contribution in [2.75, 3.05) is 19.7 Å². The minimum Gasteiger partial charge on any atom is -0.394 e. The number of aliphatic hydroxyl groups excluding tert-OH is 1. The molecular weight excluding hydrogens is 277 g/mol. The van der Waals surface area contributed by atoms with Crippen LogP contribution in [0.4, 0.5) is 13.2 Å². The number of carbonyl (C=O) groups is 2. The molecule has 2 aliphatic rings. The molecule has 1 aliphatic heterocycles. The largest absolute Gasteiger partial charge is 0.406 e. The van der Waals surface area contributed by atoms with E-state index in [1.54, 1.807) is 0 Å². The predicted molar refractivity (Wildman–Crippen MR) is 62.6 cm³/mol. The number of nitrogens with one attached hydrogen (secondary N) is 1. The van der Waals surface area contributed by atoms with Gasteiger partial charge in [0.25, 0.3) is 0 Å². The van der Waals surface area contributed by atoms with Gasteiger partial charge in [-0.1, -0.05) is 0 Å². The maximum Gasteiger partial charge on any atom is 0.406 e. The van der Waals surface area contributed by atoms with Crippen molar-refractivity contribution in [2.45, 2.75) is 37.4 Å². The molecule has 1 saturated heterocycles. The molecule has 2 N–H and O–H groups in total. The first-order valence-electron chi connectivity index (χ1n) is 6.52. The molecule has 1 saturated carbocycles. The molecule has 20 heavy (non-hydrogen) atoms. The van der Waals surface area contributed by atoms with Gasteiger partial charge in [0.1, 0.15) is 6.54 Å². The van der Waals surface area contributed by atoms with Crippen LogP contribution in [-0.4, -0.2) is 53.2 Å². The molecule has 0 aromatic rings. The van der Waals surface area contributed by atoms with E-state index in [-0.39, 0.29) is 19.6 Å². The lowest BCUT2D eigenvalue weighted by Crippen LogP contribution is -2.57. The van der Waals surface area contributed by atoms with Crippen molar-refractivity contribution in [1.82, 2.24) is 10.2 Å². The van der Waals surface area contributed by atoms with E-state index in [9.17, 15) is 27.9 Å². The number of rotatable bonds is 4. The molecule has 1 heterocycles. The second kappa shape index (κ2) is 5.23. The minimum atomic E-state index is -4.46. The van der Waals surface area contributed by atoms with Crippen LogP contribution in [-0.2, 0) is 9.59 Å². The summed E-state index contributed by atoms with van der Waals surface area (Å²) in [6, 6.07) is 0. The van der Waals surface area contributed by atoms with Crippen LogP contribution in [0.3, 0.4) is 0 Å². The van der Waals surface area contributed by atoms with Crippen LogP contribution in [0, 0.1) is 5.92 Å². The van der Waals surface area contributed by atoms with Crippen LogP contribution in [0.25, 0.3) is 0 Å². The fourth-order valence-corrected chi connectivity index (χ4v) is 2.61. The molecule has 114 valence electrons. The second-order valence-corrected chi connectivity index (χ2v) is 5.57. The quantitative estimate of drug-likeness (QED) is 0.790. The lowest BCUT2D eigenvalue weighted by atomic mass is 9.77. The summed E-state index contributed by atoms with van der Waals surface area (Å²) in [5.41, 5.74) is -0.641. The Bertz CT molecular complexity index is 402. The van der Waals surface area contributed by atoms with E-state index in [1.165, 1.54) is 0 Å². The Morgan fingerprint density at radius 3 is 2.55 bits per heavy atom. The van der Waals surface area contributed by atoms with E-state index in [0.717, 1.165) is 6.42 Å². The lowest BCUT2D eigenvalue weighted by molar-refractivity contribution is -0.157. The van der Waals surface area contributed by atoms with Crippen molar-refractivity contribution in [3.8, 4) is 0 Å². The zero-order valence-corrected chi connectivity index (χ0v) is 10.9. The smallest absolute Gasteiger partial charge is 0.394 e. The standard InChI is InChI=1S/C12H17F3N2O3/c13-12(14,15)6-17-5-8(4-9(17)19)10(20)16-11(7-18)2-1-3-11/h8,18H,1-7H2,(H,16,20). The van der Waals surface area contributed by atoms with E-state index in [0.29, 0.717) is 17.7 Å². The van der Waals surface area contributed by atoms with E-state index in [2.05, 4.69) is 5.32 Å². The predicted octanol–water partition coefficient (Wildman–Crippen LogP) is 0.428. The van der Waals surface area contributed by atoms with Crippen molar-refractivity contribution in [3.05, 3.63) is 0 Å². The van der Waals surface area contributed by atoms with Gasteiger partial charge in [-0.15, -0.1) is 0 Å². The van der Waals surface area contributed by atoms with Gasteiger partial charge in [0, 0.05) is 13.0 Å². The third kappa shape index (κ3) is 3.23. The van der Waals surface area contributed by atoms with Crippen molar-refractivity contribution in [2.24, 2.45) is 5.92 Å². The van der Waals surface area contributed by atoms with E-state index in [1.807, 2.05) is 0 Å². The fourth-order valence-electron chi connectivity index (χ4n) is 2.61. The van der Waals surface area contributed by atoms with Crippen molar-refractivity contribution in [3.63, 3.8) is 0 Å². The Labute approximate surface area is 114 Å². The molecule has 2 fully saturated rings. The van der Waals surface area contributed by atoms with Crippen LogP contribution < -0.4 is 5.32 Å². The van der Waals surface area contributed by atoms with Gasteiger partial charge >= 0.3 is 6.18 Å². The summed E-state index contributed by atoms with van der Waals surface area (Å²) in [6.07, 6.45) is -2.46. The van der Waals surface area contributed by atoms with Crippen LogP contribution in [0.1, 0.15) is 25.7 Å². The zero-order chi connectivity index (χ0) is 15.0. The summed E-state index contributed by atoms with van der Waals surface area (Å²) < 4.78 is 36.8. The molecule has 1 unspecified atom stereocenters. The number of nitrogens with zero attached hydrogens (tertiary/aromatic N) is 1. The van der Waals surface area contributed by atoms with Gasteiger partial charge in [-0.05, 0) is 19.3 Å². The first-order chi connectivity index (χ1) is 9.25. The number of carbonyl (C=O) groups excluding carboxylic acids is 2. The summed E-state index contributed by atoms with van der Waals surface area (Å²) in [5, 5.41) is 11.9. The number of likely N-dealkylation sites (tertiary alicyclic amines) is 1. The van der Waals surface area contributed by atoms with Crippen LogP contribution in [0.15, 0.2) is 0 Å². The first kappa shape index (κ1) is 15.1. The third-order valence-electron chi connectivity index (χ3n) is 3.96. The average molecular weight is 294 g/mol. The Balaban J connectivity index is 1.91. The normalized spacial score (nSPS) is 25.5. The van der Waals surface area contributed by atoms with Crippen molar-refractivity contribution >= 4 is 11.8 Å². The summed E-state index contributed by atoms with van der Waals surface area (Å²) in [4.78, 5) is 24.1. The Morgan fingerprint density at radius 1 is 1.45 bits per heavy atom. The number of amides is 2. The summed E-state index contributed by atoms with van der Waals surface area (Å²) in [5.74, 6) is -1.88. The van der Waals surface area contributed by atoms with Gasteiger partial charge in [0.2, 0.25) is 11.8 Å². The number of aliphatic hydroxyl groups is 1. The molecule has 2 rings (SSSR count).